The fraction of sp³-hybridized carbons (Fsp3) is 0.320. The van der Waals surface area contributed by atoms with Crippen molar-refractivity contribution < 1.29 is 5.11 Å². The van der Waals surface area contributed by atoms with Crippen molar-refractivity contribution in [1.29, 1.82) is 0 Å². The summed E-state index contributed by atoms with van der Waals surface area (Å²) < 4.78 is 2.06. The van der Waals surface area contributed by atoms with Crippen LogP contribution in [0.4, 0.5) is 5.82 Å². The Labute approximate surface area is 183 Å². The molecule has 0 bridgehead atoms. The molecule has 0 aliphatic carbocycles. The molecule has 2 heterocycles. The molecule has 6 nitrogen and oxygen atoms in total. The molecule has 31 heavy (non-hydrogen) atoms. The van der Waals surface area contributed by atoms with Gasteiger partial charge in [-0.3, -0.25) is 0 Å². The zero-order chi connectivity index (χ0) is 21.8. The van der Waals surface area contributed by atoms with E-state index in [9.17, 15) is 5.11 Å². The standard InChI is InChI=1S/C25H29N5O/c1-18(2)30-17-27-22-23(26-16-19-10-6-4-7-11-19)28-21(29-24(22)30)14-15-25(3,31)20-12-8-5-9-13-20/h4-13,17-18,31H,14-16H2,1-3H3,(H,26,28,29). The Hall–Kier alpha value is -3.25. The average molecular weight is 416 g/mol. The molecule has 0 radical (unpaired) electrons. The Morgan fingerprint density at radius 3 is 2.35 bits per heavy atom. The van der Waals surface area contributed by atoms with Gasteiger partial charge in [-0.2, -0.15) is 0 Å². The third-order valence-corrected chi connectivity index (χ3v) is 5.56. The monoisotopic (exact) mass is 415 g/mol. The molecule has 4 rings (SSSR count). The number of hydrogen-bond donors (Lipinski definition) is 2. The van der Waals surface area contributed by atoms with Crippen LogP contribution in [-0.4, -0.2) is 24.6 Å². The molecule has 0 amide bonds. The predicted molar refractivity (Wildman–Crippen MR) is 124 cm³/mol. The minimum Gasteiger partial charge on any atom is -0.385 e. The third kappa shape index (κ3) is 4.75. The molecule has 6 heteroatoms. The Balaban J connectivity index is 1.62. The summed E-state index contributed by atoms with van der Waals surface area (Å²) in [6.45, 7) is 6.72. The molecule has 4 aromatic rings. The van der Waals surface area contributed by atoms with Crippen molar-refractivity contribution in [3.8, 4) is 0 Å². The molecule has 1 atom stereocenters. The number of benzene rings is 2. The first kappa shape index (κ1) is 21.0. The highest BCUT2D eigenvalue weighted by atomic mass is 16.3. The fourth-order valence-corrected chi connectivity index (χ4v) is 3.65. The number of aryl methyl sites for hydroxylation is 1. The highest BCUT2D eigenvalue weighted by Crippen LogP contribution is 2.27. The van der Waals surface area contributed by atoms with E-state index in [0.29, 0.717) is 25.2 Å². The summed E-state index contributed by atoms with van der Waals surface area (Å²) in [6.07, 6.45) is 2.90. The van der Waals surface area contributed by atoms with Gasteiger partial charge in [-0.1, -0.05) is 60.7 Å². The lowest BCUT2D eigenvalue weighted by Crippen LogP contribution is -2.22. The molecule has 0 aliphatic rings. The number of rotatable bonds is 8. The molecule has 0 spiro atoms. The van der Waals surface area contributed by atoms with E-state index >= 15 is 0 Å². The van der Waals surface area contributed by atoms with Crippen LogP contribution in [0.25, 0.3) is 11.2 Å². The maximum Gasteiger partial charge on any atom is 0.166 e. The van der Waals surface area contributed by atoms with Gasteiger partial charge in [0.05, 0.1) is 11.9 Å². The number of aromatic nitrogens is 4. The van der Waals surface area contributed by atoms with Gasteiger partial charge in [-0.25, -0.2) is 15.0 Å². The summed E-state index contributed by atoms with van der Waals surface area (Å²) in [4.78, 5) is 14.2. The summed E-state index contributed by atoms with van der Waals surface area (Å²) in [7, 11) is 0. The fourth-order valence-electron chi connectivity index (χ4n) is 3.65. The SMILES string of the molecule is CC(C)n1cnc2c(NCc3ccccc3)nc(CCC(C)(O)c3ccccc3)nc21. The highest BCUT2D eigenvalue weighted by molar-refractivity contribution is 5.83. The molecule has 2 N–H and O–H groups in total. The zero-order valence-corrected chi connectivity index (χ0v) is 18.3. The van der Waals surface area contributed by atoms with E-state index in [-0.39, 0.29) is 6.04 Å². The first-order chi connectivity index (χ1) is 14.9. The summed E-state index contributed by atoms with van der Waals surface area (Å²) >= 11 is 0. The van der Waals surface area contributed by atoms with Crippen LogP contribution in [0.2, 0.25) is 0 Å². The Morgan fingerprint density at radius 1 is 1.00 bits per heavy atom. The van der Waals surface area contributed by atoms with Crippen LogP contribution in [0.15, 0.2) is 67.0 Å². The lowest BCUT2D eigenvalue weighted by molar-refractivity contribution is 0.0475. The summed E-state index contributed by atoms with van der Waals surface area (Å²) in [5, 5.41) is 14.4. The van der Waals surface area contributed by atoms with E-state index in [1.54, 1.807) is 0 Å². The lowest BCUT2D eigenvalue weighted by Gasteiger charge is -2.23. The summed E-state index contributed by atoms with van der Waals surface area (Å²) in [5.41, 5.74) is 2.70. The topological polar surface area (TPSA) is 75.9 Å². The molecule has 0 saturated heterocycles. The number of nitrogens with one attached hydrogen (secondary N) is 1. The van der Waals surface area contributed by atoms with Crippen LogP contribution < -0.4 is 5.32 Å². The van der Waals surface area contributed by atoms with Crippen LogP contribution in [0.3, 0.4) is 0 Å². The van der Waals surface area contributed by atoms with Gasteiger partial charge in [0.25, 0.3) is 0 Å². The molecule has 2 aromatic heterocycles. The second-order valence-corrected chi connectivity index (χ2v) is 8.39. The largest absolute Gasteiger partial charge is 0.385 e. The highest BCUT2D eigenvalue weighted by Gasteiger charge is 2.24. The van der Waals surface area contributed by atoms with Crippen molar-refractivity contribution in [1.82, 2.24) is 19.5 Å². The van der Waals surface area contributed by atoms with Crippen molar-refractivity contribution in [2.24, 2.45) is 0 Å². The number of fused-ring (bicyclic) bond motifs is 1. The molecule has 160 valence electrons. The van der Waals surface area contributed by atoms with E-state index in [2.05, 4.69) is 40.8 Å². The normalized spacial score (nSPS) is 13.5. The first-order valence-electron chi connectivity index (χ1n) is 10.7. The van der Waals surface area contributed by atoms with Crippen molar-refractivity contribution >= 4 is 17.0 Å². The number of imidazole rings is 1. The molecule has 0 aliphatic heterocycles. The van der Waals surface area contributed by atoms with Crippen molar-refractivity contribution in [3.05, 3.63) is 83.9 Å². The number of anilines is 1. The third-order valence-electron chi connectivity index (χ3n) is 5.56. The number of hydrogen-bond acceptors (Lipinski definition) is 5. The van der Waals surface area contributed by atoms with Crippen LogP contribution in [0.1, 0.15) is 50.2 Å². The smallest absolute Gasteiger partial charge is 0.166 e. The maximum atomic E-state index is 11.0. The van der Waals surface area contributed by atoms with Crippen LogP contribution in [0, 0.1) is 0 Å². The summed E-state index contributed by atoms with van der Waals surface area (Å²) in [5.74, 6) is 1.42. The van der Waals surface area contributed by atoms with Gasteiger partial charge in [-0.05, 0) is 38.3 Å². The second kappa shape index (κ2) is 8.86. The van der Waals surface area contributed by atoms with Crippen molar-refractivity contribution in [3.63, 3.8) is 0 Å². The molecular weight excluding hydrogens is 386 g/mol. The van der Waals surface area contributed by atoms with E-state index in [1.807, 2.05) is 61.8 Å². The number of aliphatic hydroxyl groups is 1. The molecule has 0 saturated carbocycles. The summed E-state index contributed by atoms with van der Waals surface area (Å²) in [6, 6.07) is 20.2. The van der Waals surface area contributed by atoms with Gasteiger partial charge in [0.15, 0.2) is 11.5 Å². The zero-order valence-electron chi connectivity index (χ0n) is 18.3. The minimum atomic E-state index is -0.949. The van der Waals surface area contributed by atoms with Gasteiger partial charge in [0.2, 0.25) is 0 Å². The minimum absolute atomic E-state index is 0.238. The Bertz CT molecular complexity index is 1140. The van der Waals surface area contributed by atoms with Gasteiger partial charge < -0.3 is 15.0 Å². The van der Waals surface area contributed by atoms with E-state index in [0.717, 1.165) is 22.5 Å². The van der Waals surface area contributed by atoms with E-state index in [1.165, 1.54) is 5.56 Å². The quantitative estimate of drug-likeness (QED) is 0.430. The molecule has 0 fully saturated rings. The average Bonchev–Trinajstić information content (AvgIpc) is 3.22. The van der Waals surface area contributed by atoms with Crippen molar-refractivity contribution in [2.45, 2.75) is 51.8 Å². The van der Waals surface area contributed by atoms with Crippen LogP contribution in [-0.2, 0) is 18.6 Å². The lowest BCUT2D eigenvalue weighted by atomic mass is 9.91. The first-order valence-corrected chi connectivity index (χ1v) is 10.7. The van der Waals surface area contributed by atoms with Gasteiger partial charge in [0.1, 0.15) is 11.3 Å². The van der Waals surface area contributed by atoms with Gasteiger partial charge in [-0.15, -0.1) is 0 Å². The van der Waals surface area contributed by atoms with Crippen molar-refractivity contribution in [2.75, 3.05) is 5.32 Å². The van der Waals surface area contributed by atoms with Crippen LogP contribution >= 0.6 is 0 Å². The Kier molecular flexibility index (Phi) is 6.00. The van der Waals surface area contributed by atoms with Gasteiger partial charge >= 0.3 is 0 Å². The predicted octanol–water partition coefficient (Wildman–Crippen LogP) is 4.86. The second-order valence-electron chi connectivity index (χ2n) is 8.39. The molecular formula is C25H29N5O. The maximum absolute atomic E-state index is 11.0. The molecule has 1 unspecified atom stereocenters. The Morgan fingerprint density at radius 2 is 1.68 bits per heavy atom. The van der Waals surface area contributed by atoms with E-state index < -0.39 is 5.60 Å². The van der Waals surface area contributed by atoms with Crippen LogP contribution in [0.5, 0.6) is 0 Å². The molecule has 2 aromatic carbocycles. The van der Waals surface area contributed by atoms with E-state index in [4.69, 9.17) is 9.97 Å². The number of nitrogens with zero attached hydrogens (tertiary/aromatic N) is 4. The van der Waals surface area contributed by atoms with Gasteiger partial charge in [0, 0.05) is 19.0 Å².